The van der Waals surface area contributed by atoms with E-state index in [1.165, 1.54) is 24.8 Å². The van der Waals surface area contributed by atoms with E-state index in [-0.39, 0.29) is 11.7 Å². The minimum absolute atomic E-state index is 0.0638. The molecule has 0 unspecified atom stereocenters. The Bertz CT molecular complexity index is 477. The monoisotopic (exact) mass is 245 g/mol. The number of nitrogens with one attached hydrogen (secondary N) is 1. The first-order valence-corrected chi connectivity index (χ1v) is 6.42. The summed E-state index contributed by atoms with van der Waals surface area (Å²) in [4.78, 5) is 11.9. The number of carbonyl (C=O) groups is 1. The van der Waals surface area contributed by atoms with Crippen LogP contribution in [0, 0.1) is 6.92 Å². The first kappa shape index (κ1) is 12.7. The van der Waals surface area contributed by atoms with Gasteiger partial charge in [0.1, 0.15) is 5.75 Å². The summed E-state index contributed by atoms with van der Waals surface area (Å²) in [6.45, 7) is 2.51. The fraction of sp³-hybridized carbons (Fsp3) is 0.400. The third kappa shape index (κ3) is 3.13. The molecule has 2 N–H and O–H groups in total. The molecule has 0 bridgehead atoms. The van der Waals surface area contributed by atoms with Crippen LogP contribution in [0.3, 0.4) is 0 Å². The number of rotatable bonds is 4. The molecule has 0 saturated carbocycles. The highest BCUT2D eigenvalue weighted by molar-refractivity contribution is 5.95. The van der Waals surface area contributed by atoms with E-state index in [1.54, 1.807) is 18.2 Å². The van der Waals surface area contributed by atoms with Crippen molar-refractivity contribution in [2.24, 2.45) is 0 Å². The Hall–Kier alpha value is -1.77. The van der Waals surface area contributed by atoms with Gasteiger partial charge in [0.15, 0.2) is 0 Å². The van der Waals surface area contributed by atoms with Crippen LogP contribution < -0.4 is 5.32 Å². The molecule has 0 radical (unpaired) electrons. The summed E-state index contributed by atoms with van der Waals surface area (Å²) in [5, 5.41) is 12.2. The van der Waals surface area contributed by atoms with Crippen molar-refractivity contribution in [2.45, 2.75) is 32.6 Å². The van der Waals surface area contributed by atoms with Crippen LogP contribution in [0.4, 0.5) is 0 Å². The smallest absolute Gasteiger partial charge is 0.251 e. The topological polar surface area (TPSA) is 49.3 Å². The van der Waals surface area contributed by atoms with Crippen LogP contribution in [0.5, 0.6) is 5.75 Å². The van der Waals surface area contributed by atoms with Gasteiger partial charge in [-0.15, -0.1) is 0 Å². The lowest BCUT2D eigenvalue weighted by molar-refractivity contribution is 0.0953. The number of hydrogen-bond acceptors (Lipinski definition) is 2. The molecule has 0 atom stereocenters. The van der Waals surface area contributed by atoms with Gasteiger partial charge in [-0.25, -0.2) is 0 Å². The lowest BCUT2D eigenvalue weighted by Gasteiger charge is -2.08. The second-order valence-corrected chi connectivity index (χ2v) is 4.76. The molecule has 0 aliphatic heterocycles. The molecule has 0 heterocycles. The normalized spacial score (nSPS) is 14.4. The summed E-state index contributed by atoms with van der Waals surface area (Å²) in [5.41, 5.74) is 2.89. The highest BCUT2D eigenvalue weighted by Crippen LogP contribution is 2.20. The van der Waals surface area contributed by atoms with Crippen LogP contribution in [0.2, 0.25) is 0 Å². The summed E-state index contributed by atoms with van der Waals surface area (Å²) >= 11 is 0. The van der Waals surface area contributed by atoms with Gasteiger partial charge < -0.3 is 10.4 Å². The lowest BCUT2D eigenvalue weighted by Crippen LogP contribution is -2.25. The highest BCUT2D eigenvalue weighted by Gasteiger charge is 2.10. The quantitative estimate of drug-likeness (QED) is 0.801. The van der Waals surface area contributed by atoms with Gasteiger partial charge >= 0.3 is 0 Å². The van der Waals surface area contributed by atoms with Crippen molar-refractivity contribution in [2.75, 3.05) is 6.54 Å². The maximum absolute atomic E-state index is 11.9. The molecule has 3 nitrogen and oxygen atoms in total. The third-order valence-electron chi connectivity index (χ3n) is 3.32. The van der Waals surface area contributed by atoms with E-state index in [9.17, 15) is 9.90 Å². The van der Waals surface area contributed by atoms with E-state index in [0.29, 0.717) is 12.1 Å². The fourth-order valence-electron chi connectivity index (χ4n) is 2.30. The molecule has 1 aliphatic carbocycles. The van der Waals surface area contributed by atoms with Crippen molar-refractivity contribution in [3.8, 4) is 5.75 Å². The zero-order chi connectivity index (χ0) is 13.0. The molecule has 96 valence electrons. The van der Waals surface area contributed by atoms with Gasteiger partial charge in [0, 0.05) is 12.1 Å². The number of aromatic hydroxyl groups is 1. The Labute approximate surface area is 108 Å². The van der Waals surface area contributed by atoms with E-state index in [1.807, 2.05) is 6.92 Å². The largest absolute Gasteiger partial charge is 0.508 e. The van der Waals surface area contributed by atoms with E-state index in [2.05, 4.69) is 11.4 Å². The molecule has 1 aliphatic rings. The van der Waals surface area contributed by atoms with Gasteiger partial charge in [-0.2, -0.15) is 0 Å². The molecular formula is C15H19NO2. The number of hydrogen-bond donors (Lipinski definition) is 2. The molecule has 18 heavy (non-hydrogen) atoms. The Morgan fingerprint density at radius 3 is 2.94 bits per heavy atom. The van der Waals surface area contributed by atoms with E-state index in [4.69, 9.17) is 0 Å². The fourth-order valence-corrected chi connectivity index (χ4v) is 2.30. The van der Waals surface area contributed by atoms with Crippen molar-refractivity contribution in [3.05, 3.63) is 41.0 Å². The maximum Gasteiger partial charge on any atom is 0.251 e. The second-order valence-electron chi connectivity index (χ2n) is 4.76. The van der Waals surface area contributed by atoms with Crippen molar-refractivity contribution in [1.82, 2.24) is 5.32 Å². The van der Waals surface area contributed by atoms with E-state index >= 15 is 0 Å². The Morgan fingerprint density at radius 1 is 1.44 bits per heavy atom. The minimum Gasteiger partial charge on any atom is -0.508 e. The maximum atomic E-state index is 11.9. The predicted octanol–water partition coefficient (Wildman–Crippen LogP) is 2.93. The molecule has 0 fully saturated rings. The predicted molar refractivity (Wildman–Crippen MR) is 71.7 cm³/mol. The molecule has 1 amide bonds. The summed E-state index contributed by atoms with van der Waals surface area (Å²) in [6.07, 6.45) is 6.83. The molecule has 0 saturated heterocycles. The molecule has 0 spiro atoms. The van der Waals surface area contributed by atoms with Gasteiger partial charge in [-0.1, -0.05) is 11.6 Å². The van der Waals surface area contributed by atoms with Gasteiger partial charge in [0.05, 0.1) is 0 Å². The highest BCUT2D eigenvalue weighted by atomic mass is 16.3. The number of aryl methyl sites for hydroxylation is 1. The van der Waals surface area contributed by atoms with E-state index in [0.717, 1.165) is 12.0 Å². The first-order chi connectivity index (χ1) is 8.66. The van der Waals surface area contributed by atoms with Crippen LogP contribution in [0.25, 0.3) is 0 Å². The van der Waals surface area contributed by atoms with Gasteiger partial charge in [-0.3, -0.25) is 4.79 Å². The number of phenolic OH excluding ortho intramolecular Hbond substituents is 1. The molecule has 0 aromatic heterocycles. The SMILES string of the molecule is Cc1cc(O)ccc1C(=O)NCCC1=CCCC1. The summed E-state index contributed by atoms with van der Waals surface area (Å²) in [7, 11) is 0. The average molecular weight is 245 g/mol. The molecule has 3 heteroatoms. The Morgan fingerprint density at radius 2 is 2.28 bits per heavy atom. The van der Waals surface area contributed by atoms with Gasteiger partial charge in [0.2, 0.25) is 0 Å². The molecule has 2 rings (SSSR count). The lowest BCUT2D eigenvalue weighted by atomic mass is 10.1. The molecular weight excluding hydrogens is 226 g/mol. The molecule has 1 aromatic carbocycles. The van der Waals surface area contributed by atoms with Crippen LogP contribution in [0.1, 0.15) is 41.6 Å². The first-order valence-electron chi connectivity index (χ1n) is 6.42. The zero-order valence-corrected chi connectivity index (χ0v) is 10.7. The summed E-state index contributed by atoms with van der Waals surface area (Å²) < 4.78 is 0. The summed E-state index contributed by atoms with van der Waals surface area (Å²) in [5.74, 6) is 0.131. The number of benzene rings is 1. The van der Waals surface area contributed by atoms with Crippen LogP contribution in [-0.2, 0) is 0 Å². The minimum atomic E-state index is -0.0638. The van der Waals surface area contributed by atoms with Crippen LogP contribution in [-0.4, -0.2) is 17.6 Å². The van der Waals surface area contributed by atoms with Crippen molar-refractivity contribution in [1.29, 1.82) is 0 Å². The van der Waals surface area contributed by atoms with E-state index < -0.39 is 0 Å². The van der Waals surface area contributed by atoms with Crippen molar-refractivity contribution in [3.63, 3.8) is 0 Å². The van der Waals surface area contributed by atoms with Gasteiger partial charge in [-0.05, 0) is 56.4 Å². The Balaban J connectivity index is 1.87. The second kappa shape index (κ2) is 5.71. The molecule has 1 aromatic rings. The standard InChI is InChI=1S/C15H19NO2/c1-11-10-13(17)6-7-14(11)15(18)16-9-8-12-4-2-3-5-12/h4,6-7,10,17H,2-3,5,8-9H2,1H3,(H,16,18). The zero-order valence-electron chi connectivity index (χ0n) is 10.7. The number of allylic oxidation sites excluding steroid dienone is 1. The van der Waals surface area contributed by atoms with Crippen molar-refractivity contribution >= 4 is 5.91 Å². The van der Waals surface area contributed by atoms with Crippen molar-refractivity contribution < 1.29 is 9.90 Å². The third-order valence-corrected chi connectivity index (χ3v) is 3.32. The van der Waals surface area contributed by atoms with Crippen LogP contribution in [0.15, 0.2) is 29.8 Å². The Kier molecular flexibility index (Phi) is 4.03. The average Bonchev–Trinajstić information content (AvgIpc) is 2.81. The van der Waals surface area contributed by atoms with Crippen LogP contribution >= 0.6 is 0 Å². The summed E-state index contributed by atoms with van der Waals surface area (Å²) in [6, 6.07) is 4.81. The number of amides is 1. The van der Waals surface area contributed by atoms with Gasteiger partial charge in [0.25, 0.3) is 5.91 Å². The number of carbonyl (C=O) groups excluding carboxylic acids is 1. The number of phenols is 1.